The standard InChI is InChI=1S/C13H27NO2/c1-10(2)13(6-7-15)14-11(3)9-12-5-4-8-16-12/h10-15H,4-9H2,1-3H3. The molecule has 1 saturated heterocycles. The SMILES string of the molecule is CC(CC1CCCO1)NC(CCO)C(C)C. The van der Waals surface area contributed by atoms with Gasteiger partial charge in [0.2, 0.25) is 0 Å². The summed E-state index contributed by atoms with van der Waals surface area (Å²) in [6.07, 6.45) is 4.80. The zero-order chi connectivity index (χ0) is 12.0. The van der Waals surface area contributed by atoms with Crippen LogP contribution in [0.3, 0.4) is 0 Å². The van der Waals surface area contributed by atoms with Crippen molar-refractivity contribution < 1.29 is 9.84 Å². The highest BCUT2D eigenvalue weighted by Crippen LogP contribution is 2.18. The van der Waals surface area contributed by atoms with Gasteiger partial charge in [0.15, 0.2) is 0 Å². The van der Waals surface area contributed by atoms with Crippen LogP contribution in [-0.4, -0.2) is 36.5 Å². The van der Waals surface area contributed by atoms with Crippen molar-refractivity contribution in [3.05, 3.63) is 0 Å². The number of aliphatic hydroxyl groups is 1. The molecule has 16 heavy (non-hydrogen) atoms. The molecule has 2 N–H and O–H groups in total. The molecule has 3 heteroatoms. The van der Waals surface area contributed by atoms with Crippen molar-refractivity contribution in [3.8, 4) is 0 Å². The summed E-state index contributed by atoms with van der Waals surface area (Å²) in [5.74, 6) is 0.569. The Bertz CT molecular complexity index is 179. The van der Waals surface area contributed by atoms with Crippen molar-refractivity contribution in [2.75, 3.05) is 13.2 Å². The molecule has 1 aliphatic rings. The molecule has 1 aliphatic heterocycles. The summed E-state index contributed by atoms with van der Waals surface area (Å²) in [7, 11) is 0. The van der Waals surface area contributed by atoms with Gasteiger partial charge in [-0.1, -0.05) is 13.8 Å². The first-order valence-corrected chi connectivity index (χ1v) is 6.62. The van der Waals surface area contributed by atoms with E-state index in [1.807, 2.05) is 0 Å². The quantitative estimate of drug-likeness (QED) is 0.701. The molecule has 3 unspecified atom stereocenters. The summed E-state index contributed by atoms with van der Waals surface area (Å²) < 4.78 is 5.64. The van der Waals surface area contributed by atoms with E-state index in [2.05, 4.69) is 26.1 Å². The Balaban J connectivity index is 2.26. The van der Waals surface area contributed by atoms with Crippen molar-refractivity contribution in [1.29, 1.82) is 0 Å². The van der Waals surface area contributed by atoms with Gasteiger partial charge in [-0.2, -0.15) is 0 Å². The molecule has 0 aromatic heterocycles. The van der Waals surface area contributed by atoms with Gasteiger partial charge >= 0.3 is 0 Å². The fourth-order valence-electron chi connectivity index (χ4n) is 2.41. The lowest BCUT2D eigenvalue weighted by Gasteiger charge is -2.27. The maximum absolute atomic E-state index is 9.02. The normalized spacial score (nSPS) is 24.9. The highest BCUT2D eigenvalue weighted by Gasteiger charge is 2.21. The average Bonchev–Trinajstić information content (AvgIpc) is 2.69. The molecule has 0 aliphatic carbocycles. The molecule has 0 amide bonds. The van der Waals surface area contributed by atoms with Gasteiger partial charge in [0.1, 0.15) is 0 Å². The van der Waals surface area contributed by atoms with Gasteiger partial charge in [-0.25, -0.2) is 0 Å². The molecule has 1 rings (SSSR count). The Labute approximate surface area is 99.6 Å². The van der Waals surface area contributed by atoms with E-state index in [0.717, 1.165) is 19.4 Å². The zero-order valence-corrected chi connectivity index (χ0v) is 10.9. The largest absolute Gasteiger partial charge is 0.396 e. The van der Waals surface area contributed by atoms with E-state index in [-0.39, 0.29) is 6.61 Å². The van der Waals surface area contributed by atoms with Crippen molar-refractivity contribution in [1.82, 2.24) is 5.32 Å². The number of nitrogens with one attached hydrogen (secondary N) is 1. The zero-order valence-electron chi connectivity index (χ0n) is 10.9. The van der Waals surface area contributed by atoms with E-state index in [1.54, 1.807) is 0 Å². The molecule has 1 fully saturated rings. The van der Waals surface area contributed by atoms with Crippen LogP contribution in [0, 0.1) is 5.92 Å². The molecule has 0 spiro atoms. The molecule has 96 valence electrons. The number of ether oxygens (including phenoxy) is 1. The maximum Gasteiger partial charge on any atom is 0.0590 e. The van der Waals surface area contributed by atoms with E-state index in [0.29, 0.717) is 24.1 Å². The van der Waals surface area contributed by atoms with E-state index in [1.165, 1.54) is 12.8 Å². The summed E-state index contributed by atoms with van der Waals surface area (Å²) >= 11 is 0. The molecule has 0 radical (unpaired) electrons. The Hall–Kier alpha value is -0.120. The smallest absolute Gasteiger partial charge is 0.0590 e. The van der Waals surface area contributed by atoms with E-state index in [4.69, 9.17) is 9.84 Å². The highest BCUT2D eigenvalue weighted by atomic mass is 16.5. The monoisotopic (exact) mass is 229 g/mol. The summed E-state index contributed by atoms with van der Waals surface area (Å²) in [6, 6.07) is 0.892. The Morgan fingerprint density at radius 1 is 1.38 bits per heavy atom. The lowest BCUT2D eigenvalue weighted by atomic mass is 9.99. The topological polar surface area (TPSA) is 41.5 Å². The molecular formula is C13H27NO2. The predicted octanol–water partition coefficient (Wildman–Crippen LogP) is 1.94. The third-order valence-electron chi connectivity index (χ3n) is 3.38. The second kappa shape index (κ2) is 7.25. The Morgan fingerprint density at radius 3 is 2.62 bits per heavy atom. The van der Waals surface area contributed by atoms with Crippen LogP contribution in [0.5, 0.6) is 0 Å². The number of rotatable bonds is 7. The van der Waals surface area contributed by atoms with Crippen LogP contribution >= 0.6 is 0 Å². The van der Waals surface area contributed by atoms with E-state index in [9.17, 15) is 0 Å². The summed E-state index contributed by atoms with van der Waals surface area (Å²) in [6.45, 7) is 7.82. The molecule has 1 heterocycles. The number of hydrogen-bond acceptors (Lipinski definition) is 3. The fourth-order valence-corrected chi connectivity index (χ4v) is 2.41. The molecule has 0 bridgehead atoms. The van der Waals surface area contributed by atoms with Gasteiger partial charge < -0.3 is 15.2 Å². The molecule has 0 aromatic carbocycles. The minimum atomic E-state index is 0.266. The first-order valence-electron chi connectivity index (χ1n) is 6.62. The first kappa shape index (κ1) is 13.9. The lowest BCUT2D eigenvalue weighted by Crippen LogP contribution is -2.42. The highest BCUT2D eigenvalue weighted by molar-refractivity contribution is 4.77. The van der Waals surface area contributed by atoms with Gasteiger partial charge in [-0.3, -0.25) is 0 Å². The Morgan fingerprint density at radius 2 is 2.12 bits per heavy atom. The molecule has 3 atom stereocenters. The number of hydrogen-bond donors (Lipinski definition) is 2. The minimum Gasteiger partial charge on any atom is -0.396 e. The molecular weight excluding hydrogens is 202 g/mol. The Kier molecular flexibility index (Phi) is 6.32. The second-order valence-electron chi connectivity index (χ2n) is 5.30. The van der Waals surface area contributed by atoms with Gasteiger partial charge in [0.25, 0.3) is 0 Å². The second-order valence-corrected chi connectivity index (χ2v) is 5.30. The first-order chi connectivity index (χ1) is 7.63. The lowest BCUT2D eigenvalue weighted by molar-refractivity contribution is 0.0931. The maximum atomic E-state index is 9.02. The minimum absolute atomic E-state index is 0.266. The van der Waals surface area contributed by atoms with Crippen molar-refractivity contribution in [2.24, 2.45) is 5.92 Å². The van der Waals surface area contributed by atoms with Crippen LogP contribution in [0.4, 0.5) is 0 Å². The third-order valence-corrected chi connectivity index (χ3v) is 3.38. The molecule has 3 nitrogen and oxygen atoms in total. The fraction of sp³-hybridized carbons (Fsp3) is 1.00. The van der Waals surface area contributed by atoms with E-state index < -0.39 is 0 Å². The van der Waals surface area contributed by atoms with Gasteiger partial charge in [-0.05, 0) is 38.5 Å². The van der Waals surface area contributed by atoms with Crippen molar-refractivity contribution >= 4 is 0 Å². The van der Waals surface area contributed by atoms with Crippen LogP contribution < -0.4 is 5.32 Å². The van der Waals surface area contributed by atoms with Crippen LogP contribution in [0.1, 0.15) is 46.5 Å². The summed E-state index contributed by atoms with van der Waals surface area (Å²) in [5.41, 5.74) is 0. The average molecular weight is 229 g/mol. The molecule has 0 saturated carbocycles. The van der Waals surface area contributed by atoms with Crippen LogP contribution in [0.2, 0.25) is 0 Å². The van der Waals surface area contributed by atoms with Gasteiger partial charge in [0, 0.05) is 25.3 Å². The van der Waals surface area contributed by atoms with Crippen LogP contribution in [-0.2, 0) is 4.74 Å². The molecule has 0 aromatic rings. The summed E-state index contributed by atoms with van der Waals surface area (Å²) in [5, 5.41) is 12.6. The third kappa shape index (κ3) is 4.81. The summed E-state index contributed by atoms with van der Waals surface area (Å²) in [4.78, 5) is 0. The van der Waals surface area contributed by atoms with Crippen LogP contribution in [0.15, 0.2) is 0 Å². The van der Waals surface area contributed by atoms with Gasteiger partial charge in [0.05, 0.1) is 6.10 Å². The van der Waals surface area contributed by atoms with Gasteiger partial charge in [-0.15, -0.1) is 0 Å². The number of aliphatic hydroxyl groups excluding tert-OH is 1. The van der Waals surface area contributed by atoms with Crippen molar-refractivity contribution in [3.63, 3.8) is 0 Å². The van der Waals surface area contributed by atoms with E-state index >= 15 is 0 Å². The van der Waals surface area contributed by atoms with Crippen LogP contribution in [0.25, 0.3) is 0 Å². The van der Waals surface area contributed by atoms with Crippen molar-refractivity contribution in [2.45, 2.75) is 64.6 Å². The predicted molar refractivity (Wildman–Crippen MR) is 66.5 cm³/mol.